The summed E-state index contributed by atoms with van der Waals surface area (Å²) in [6, 6.07) is 0. The van der Waals surface area contributed by atoms with Crippen LogP contribution in [0.5, 0.6) is 0 Å². The maximum Gasteiger partial charge on any atom is 0.311 e. The zero-order valence-corrected chi connectivity index (χ0v) is 11.4. The van der Waals surface area contributed by atoms with Crippen molar-refractivity contribution in [1.29, 1.82) is 0 Å². The molecule has 3 heteroatoms. The van der Waals surface area contributed by atoms with E-state index in [4.69, 9.17) is 4.74 Å². The fourth-order valence-electron chi connectivity index (χ4n) is 3.54. The van der Waals surface area contributed by atoms with E-state index in [1.165, 1.54) is 7.11 Å². The quantitative estimate of drug-likeness (QED) is 0.560. The van der Waals surface area contributed by atoms with Crippen molar-refractivity contribution in [3.63, 3.8) is 0 Å². The maximum absolute atomic E-state index is 12.0. The van der Waals surface area contributed by atoms with Crippen LogP contribution in [-0.2, 0) is 14.3 Å². The van der Waals surface area contributed by atoms with Crippen LogP contribution in [0.1, 0.15) is 52.9 Å². The second-order valence-corrected chi connectivity index (χ2v) is 6.05. The summed E-state index contributed by atoms with van der Waals surface area (Å²) in [5, 5.41) is 0. The SMILES string of the molecule is COC(=O)[C@]1(C)CCCC(C)(C)[C@H]1CCC=O. The molecular weight excluding hydrogens is 216 g/mol. The van der Waals surface area contributed by atoms with Crippen molar-refractivity contribution in [3.05, 3.63) is 0 Å². The Morgan fingerprint density at radius 2 is 2.00 bits per heavy atom. The first kappa shape index (κ1) is 14.2. The lowest BCUT2D eigenvalue weighted by atomic mass is 9.55. The van der Waals surface area contributed by atoms with Gasteiger partial charge in [0.2, 0.25) is 0 Å². The molecule has 0 saturated heterocycles. The number of hydrogen-bond acceptors (Lipinski definition) is 3. The molecule has 0 unspecified atom stereocenters. The van der Waals surface area contributed by atoms with Crippen LogP contribution in [0.4, 0.5) is 0 Å². The van der Waals surface area contributed by atoms with Gasteiger partial charge in [-0.15, -0.1) is 0 Å². The molecule has 98 valence electrons. The Labute approximate surface area is 104 Å². The molecular formula is C14H24O3. The van der Waals surface area contributed by atoms with Gasteiger partial charge in [-0.05, 0) is 37.5 Å². The molecule has 1 rings (SSSR count). The van der Waals surface area contributed by atoms with Crippen LogP contribution in [0, 0.1) is 16.7 Å². The summed E-state index contributed by atoms with van der Waals surface area (Å²) in [4.78, 5) is 22.6. The smallest absolute Gasteiger partial charge is 0.311 e. The first-order valence-corrected chi connectivity index (χ1v) is 6.40. The Bertz CT molecular complexity index is 296. The van der Waals surface area contributed by atoms with Gasteiger partial charge in [0.1, 0.15) is 6.29 Å². The van der Waals surface area contributed by atoms with Gasteiger partial charge in [0.15, 0.2) is 0 Å². The van der Waals surface area contributed by atoms with Gasteiger partial charge in [-0.2, -0.15) is 0 Å². The van der Waals surface area contributed by atoms with Crippen LogP contribution in [-0.4, -0.2) is 19.4 Å². The highest BCUT2D eigenvalue weighted by Crippen LogP contribution is 2.53. The van der Waals surface area contributed by atoms with Crippen LogP contribution in [0.15, 0.2) is 0 Å². The summed E-state index contributed by atoms with van der Waals surface area (Å²) in [5.74, 6) is 0.0996. The fourth-order valence-corrected chi connectivity index (χ4v) is 3.54. The Morgan fingerprint density at radius 3 is 2.53 bits per heavy atom. The number of carbonyl (C=O) groups excluding carboxylic acids is 2. The number of aldehydes is 1. The Morgan fingerprint density at radius 1 is 1.35 bits per heavy atom. The van der Waals surface area contributed by atoms with Gasteiger partial charge >= 0.3 is 5.97 Å². The normalized spacial score (nSPS) is 31.9. The Hall–Kier alpha value is -0.860. The molecule has 0 spiro atoms. The van der Waals surface area contributed by atoms with Crippen LogP contribution in [0.2, 0.25) is 0 Å². The van der Waals surface area contributed by atoms with E-state index >= 15 is 0 Å². The van der Waals surface area contributed by atoms with Crippen LogP contribution < -0.4 is 0 Å². The monoisotopic (exact) mass is 240 g/mol. The number of hydrogen-bond donors (Lipinski definition) is 0. The van der Waals surface area contributed by atoms with E-state index in [9.17, 15) is 9.59 Å². The lowest BCUT2D eigenvalue weighted by molar-refractivity contribution is -0.163. The van der Waals surface area contributed by atoms with E-state index in [0.717, 1.165) is 32.0 Å². The molecule has 1 saturated carbocycles. The molecule has 1 aliphatic carbocycles. The number of ether oxygens (including phenoxy) is 1. The molecule has 0 aromatic carbocycles. The molecule has 1 fully saturated rings. The van der Waals surface area contributed by atoms with Crippen LogP contribution in [0.3, 0.4) is 0 Å². The lowest BCUT2D eigenvalue weighted by Gasteiger charge is -2.49. The first-order valence-electron chi connectivity index (χ1n) is 6.40. The third-order valence-electron chi connectivity index (χ3n) is 4.45. The highest BCUT2D eigenvalue weighted by Gasteiger charge is 2.50. The van der Waals surface area contributed by atoms with Gasteiger partial charge in [-0.1, -0.05) is 20.3 Å². The minimum atomic E-state index is -0.431. The van der Waals surface area contributed by atoms with Crippen LogP contribution in [0.25, 0.3) is 0 Å². The van der Waals surface area contributed by atoms with Crippen molar-refractivity contribution < 1.29 is 14.3 Å². The van der Waals surface area contributed by atoms with Gasteiger partial charge in [0.05, 0.1) is 12.5 Å². The van der Waals surface area contributed by atoms with Gasteiger partial charge < -0.3 is 9.53 Å². The number of rotatable bonds is 4. The number of carbonyl (C=O) groups is 2. The van der Waals surface area contributed by atoms with Crippen molar-refractivity contribution >= 4 is 12.3 Å². The molecule has 1 aliphatic rings. The lowest BCUT2D eigenvalue weighted by Crippen LogP contribution is -2.47. The number of methoxy groups -OCH3 is 1. The highest BCUT2D eigenvalue weighted by molar-refractivity contribution is 5.77. The van der Waals surface area contributed by atoms with E-state index in [1.807, 2.05) is 6.92 Å². The van der Waals surface area contributed by atoms with Gasteiger partial charge in [-0.3, -0.25) is 4.79 Å². The van der Waals surface area contributed by atoms with E-state index in [-0.39, 0.29) is 17.3 Å². The molecule has 3 nitrogen and oxygen atoms in total. The maximum atomic E-state index is 12.0. The van der Waals surface area contributed by atoms with E-state index in [1.54, 1.807) is 0 Å². The predicted molar refractivity (Wildman–Crippen MR) is 66.5 cm³/mol. The average Bonchev–Trinajstić information content (AvgIpc) is 2.26. The van der Waals surface area contributed by atoms with Crippen LogP contribution >= 0.6 is 0 Å². The topological polar surface area (TPSA) is 43.4 Å². The van der Waals surface area contributed by atoms with Crippen molar-refractivity contribution in [1.82, 2.24) is 0 Å². The van der Waals surface area contributed by atoms with Gasteiger partial charge in [0.25, 0.3) is 0 Å². The van der Waals surface area contributed by atoms with Gasteiger partial charge in [-0.25, -0.2) is 0 Å². The Balaban J connectivity index is 2.99. The predicted octanol–water partition coefficient (Wildman–Crippen LogP) is 2.97. The molecule has 0 radical (unpaired) electrons. The largest absolute Gasteiger partial charge is 0.469 e. The summed E-state index contributed by atoms with van der Waals surface area (Å²) in [6.45, 7) is 6.39. The first-order chi connectivity index (χ1) is 7.88. The third kappa shape index (κ3) is 2.70. The minimum absolute atomic E-state index is 0.101. The van der Waals surface area contributed by atoms with E-state index in [2.05, 4.69) is 13.8 Å². The van der Waals surface area contributed by atoms with Crippen molar-refractivity contribution in [2.75, 3.05) is 7.11 Å². The average molecular weight is 240 g/mol. The second kappa shape index (κ2) is 5.19. The third-order valence-corrected chi connectivity index (χ3v) is 4.45. The standard InChI is InChI=1S/C14H24O3/c1-13(2)8-6-9-14(3,12(16)17-4)11(13)7-5-10-15/h10-11H,5-9H2,1-4H3/t11-,14-/m1/s1. The molecule has 17 heavy (non-hydrogen) atoms. The second-order valence-electron chi connectivity index (χ2n) is 6.05. The molecule has 0 aliphatic heterocycles. The Kier molecular flexibility index (Phi) is 4.34. The molecule has 0 aromatic heterocycles. The fraction of sp³-hybridized carbons (Fsp3) is 0.857. The molecule has 0 heterocycles. The highest BCUT2D eigenvalue weighted by atomic mass is 16.5. The minimum Gasteiger partial charge on any atom is -0.469 e. The van der Waals surface area contributed by atoms with Gasteiger partial charge in [0, 0.05) is 6.42 Å². The molecule has 0 N–H and O–H groups in total. The van der Waals surface area contributed by atoms with Crippen molar-refractivity contribution in [2.45, 2.75) is 52.9 Å². The summed E-state index contributed by atoms with van der Waals surface area (Å²) >= 11 is 0. The summed E-state index contributed by atoms with van der Waals surface area (Å²) < 4.78 is 4.97. The van der Waals surface area contributed by atoms with Crippen molar-refractivity contribution in [2.24, 2.45) is 16.7 Å². The number of esters is 1. The van der Waals surface area contributed by atoms with Crippen molar-refractivity contribution in [3.8, 4) is 0 Å². The molecule has 2 atom stereocenters. The molecule has 0 bridgehead atoms. The summed E-state index contributed by atoms with van der Waals surface area (Å²) in [6.07, 6.45) is 5.29. The zero-order valence-electron chi connectivity index (χ0n) is 11.4. The molecule has 0 amide bonds. The summed E-state index contributed by atoms with van der Waals surface area (Å²) in [7, 11) is 1.45. The zero-order chi connectivity index (χ0) is 13.1. The summed E-state index contributed by atoms with van der Waals surface area (Å²) in [5.41, 5.74) is -0.330. The molecule has 0 aromatic rings. The van der Waals surface area contributed by atoms with E-state index < -0.39 is 5.41 Å². The van der Waals surface area contributed by atoms with E-state index in [0.29, 0.717) is 6.42 Å².